The normalized spacial score (nSPS) is 11.5. The summed E-state index contributed by atoms with van der Waals surface area (Å²) in [5, 5.41) is 38.2. The van der Waals surface area contributed by atoms with Crippen molar-refractivity contribution >= 4 is 40.6 Å². The van der Waals surface area contributed by atoms with E-state index in [-0.39, 0.29) is 11.1 Å². The lowest BCUT2D eigenvalue weighted by atomic mass is 10.0. The van der Waals surface area contributed by atoms with E-state index in [1.807, 2.05) is 47.8 Å². The van der Waals surface area contributed by atoms with Crippen LogP contribution in [0.2, 0.25) is 0 Å². The summed E-state index contributed by atoms with van der Waals surface area (Å²) in [4.78, 5) is 44.4. The lowest BCUT2D eigenvalue weighted by molar-refractivity contribution is -0.139. The highest BCUT2D eigenvalue weighted by atomic mass is 16.4. The van der Waals surface area contributed by atoms with Crippen LogP contribution < -0.4 is 5.32 Å². The van der Waals surface area contributed by atoms with Crippen molar-refractivity contribution in [2.45, 2.75) is 6.04 Å². The van der Waals surface area contributed by atoms with Gasteiger partial charge in [-0.1, -0.05) is 66.7 Å². The maximum absolute atomic E-state index is 11.8. The Hall–Kier alpha value is -5.38. The van der Waals surface area contributed by atoms with Gasteiger partial charge in [-0.25, -0.2) is 19.2 Å². The first-order valence-corrected chi connectivity index (χ1v) is 10.9. The van der Waals surface area contributed by atoms with E-state index in [4.69, 9.17) is 10.2 Å². The van der Waals surface area contributed by atoms with Crippen molar-refractivity contribution in [2.75, 3.05) is 0 Å². The highest BCUT2D eigenvalue weighted by Gasteiger charge is 2.29. The van der Waals surface area contributed by atoms with Gasteiger partial charge in [0.2, 0.25) is 0 Å². The van der Waals surface area contributed by atoms with Gasteiger partial charge < -0.3 is 30.1 Å². The fourth-order valence-electron chi connectivity index (χ4n) is 4.23. The average Bonchev–Trinajstić information content (AvgIpc) is 3.43. The highest BCUT2D eigenvalue weighted by Crippen LogP contribution is 2.37. The number of aliphatic carboxylic acids is 1. The number of nitrogens with zero attached hydrogens (tertiary/aromatic N) is 1. The first-order chi connectivity index (χ1) is 17.7. The van der Waals surface area contributed by atoms with E-state index in [0.29, 0.717) is 22.2 Å². The number of carboxylic acids is 3. The minimum absolute atomic E-state index is 0.169. The molecular formula is C27H20N2O8. The molecule has 1 amide bonds. The lowest BCUT2D eigenvalue weighted by Crippen LogP contribution is -2.32. The Morgan fingerprint density at radius 2 is 1.30 bits per heavy atom. The Bertz CT molecular complexity index is 1610. The molecule has 0 saturated heterocycles. The van der Waals surface area contributed by atoms with Crippen LogP contribution in [0.25, 0.3) is 27.7 Å². The average molecular weight is 500 g/mol. The highest BCUT2D eigenvalue weighted by molar-refractivity contribution is 6.16. The van der Waals surface area contributed by atoms with Gasteiger partial charge in [-0.15, -0.1) is 0 Å². The van der Waals surface area contributed by atoms with Crippen LogP contribution in [0.15, 0.2) is 84.9 Å². The first-order valence-electron chi connectivity index (χ1n) is 10.9. The molecule has 186 valence electrons. The Morgan fingerprint density at radius 1 is 0.703 bits per heavy atom. The summed E-state index contributed by atoms with van der Waals surface area (Å²) >= 11 is 0. The van der Waals surface area contributed by atoms with Crippen LogP contribution in [-0.2, 0) is 4.79 Å². The Kier molecular flexibility index (Phi) is 6.74. The molecule has 5 aromatic rings. The van der Waals surface area contributed by atoms with Crippen LogP contribution >= 0.6 is 0 Å². The van der Waals surface area contributed by atoms with Crippen molar-refractivity contribution in [2.24, 2.45) is 0 Å². The van der Waals surface area contributed by atoms with E-state index in [1.165, 1.54) is 0 Å². The van der Waals surface area contributed by atoms with Crippen molar-refractivity contribution in [3.05, 3.63) is 102 Å². The first kappa shape index (κ1) is 24.7. The number of aromatic nitrogens is 1. The molecule has 1 unspecified atom stereocenters. The van der Waals surface area contributed by atoms with Gasteiger partial charge in [-0.05, 0) is 29.3 Å². The number of carboxylic acid groups (broad SMARTS) is 4. The summed E-state index contributed by atoms with van der Waals surface area (Å²) in [5.74, 6) is -3.70. The molecule has 10 heteroatoms. The van der Waals surface area contributed by atoms with Gasteiger partial charge in [0.15, 0.2) is 6.04 Å². The zero-order chi connectivity index (χ0) is 26.7. The minimum Gasteiger partial charge on any atom is -0.479 e. The molecule has 0 bridgehead atoms. The molecule has 0 aliphatic carbocycles. The third-order valence-corrected chi connectivity index (χ3v) is 5.69. The maximum atomic E-state index is 11.8. The number of aromatic carboxylic acids is 2. The molecule has 0 radical (unpaired) electrons. The third-order valence-electron chi connectivity index (χ3n) is 5.69. The Morgan fingerprint density at radius 3 is 1.84 bits per heavy atom. The predicted molar refractivity (Wildman–Crippen MR) is 133 cm³/mol. The number of hydrogen-bond acceptors (Lipinski definition) is 4. The number of amides is 1. The van der Waals surface area contributed by atoms with Crippen molar-refractivity contribution in [3.8, 4) is 11.1 Å². The third kappa shape index (κ3) is 4.76. The summed E-state index contributed by atoms with van der Waals surface area (Å²) in [6, 6.07) is 23.4. The van der Waals surface area contributed by atoms with Crippen molar-refractivity contribution in [1.29, 1.82) is 0 Å². The molecule has 3 aromatic heterocycles. The molecular weight excluding hydrogens is 480 g/mol. The zero-order valence-electron chi connectivity index (χ0n) is 19.0. The molecule has 0 aliphatic rings. The number of nitrogens with one attached hydrogen (secondary N) is 1. The number of hydrogen-bond donors (Lipinski definition) is 5. The fourth-order valence-corrected chi connectivity index (χ4v) is 4.23. The molecule has 10 nitrogen and oxygen atoms in total. The SMILES string of the molecule is O=C(O)NC(C(=O)O)c1ccccc1.O=C(O)c1c(C(=O)O)c2c(-c3ccccc3)cc3cccc1n32. The van der Waals surface area contributed by atoms with Crippen LogP contribution in [0.3, 0.4) is 0 Å². The summed E-state index contributed by atoms with van der Waals surface area (Å²) in [5.41, 5.74) is 3.22. The lowest BCUT2D eigenvalue weighted by Gasteiger charge is -2.11. The van der Waals surface area contributed by atoms with Gasteiger partial charge in [0, 0.05) is 11.1 Å². The molecule has 37 heavy (non-hydrogen) atoms. The molecule has 3 heterocycles. The number of carbonyl (C=O) groups is 4. The number of benzene rings is 2. The van der Waals surface area contributed by atoms with Crippen molar-refractivity contribution < 1.29 is 39.6 Å². The van der Waals surface area contributed by atoms with Crippen LogP contribution in [0.4, 0.5) is 4.79 Å². The second-order valence-electron chi connectivity index (χ2n) is 7.94. The van der Waals surface area contributed by atoms with Crippen LogP contribution in [-0.4, -0.2) is 48.8 Å². The van der Waals surface area contributed by atoms with Crippen molar-refractivity contribution in [1.82, 2.24) is 9.72 Å². The smallest absolute Gasteiger partial charge is 0.405 e. The van der Waals surface area contributed by atoms with E-state index < -0.39 is 30.0 Å². The molecule has 5 N–H and O–H groups in total. The predicted octanol–water partition coefficient (Wildman–Crippen LogP) is 4.67. The molecule has 1 atom stereocenters. The van der Waals surface area contributed by atoms with E-state index in [2.05, 4.69) is 0 Å². The Labute approximate surface area is 209 Å². The molecule has 0 saturated carbocycles. The van der Waals surface area contributed by atoms with E-state index in [1.54, 1.807) is 46.9 Å². The topological polar surface area (TPSA) is 166 Å². The van der Waals surface area contributed by atoms with Gasteiger partial charge >= 0.3 is 24.0 Å². The second kappa shape index (κ2) is 10.1. The molecule has 0 fully saturated rings. The summed E-state index contributed by atoms with van der Waals surface area (Å²) in [6.07, 6.45) is -1.36. The van der Waals surface area contributed by atoms with Crippen molar-refractivity contribution in [3.63, 3.8) is 0 Å². The van der Waals surface area contributed by atoms with Gasteiger partial charge in [0.25, 0.3) is 0 Å². The van der Waals surface area contributed by atoms with Crippen LogP contribution in [0, 0.1) is 0 Å². The second-order valence-corrected chi connectivity index (χ2v) is 7.94. The van der Waals surface area contributed by atoms with Crippen LogP contribution in [0.5, 0.6) is 0 Å². The molecule has 0 spiro atoms. The quantitative estimate of drug-likeness (QED) is 0.224. The molecule has 5 rings (SSSR count). The van der Waals surface area contributed by atoms with Crippen LogP contribution in [0.1, 0.15) is 32.3 Å². The summed E-state index contributed by atoms with van der Waals surface area (Å²) in [6.45, 7) is 0. The number of rotatable bonds is 6. The van der Waals surface area contributed by atoms with E-state index >= 15 is 0 Å². The minimum atomic E-state index is -1.36. The van der Waals surface area contributed by atoms with E-state index in [9.17, 15) is 29.4 Å². The Balaban J connectivity index is 0.000000197. The molecule has 0 aliphatic heterocycles. The van der Waals surface area contributed by atoms with Gasteiger partial charge in [0.05, 0.1) is 11.0 Å². The fraction of sp³-hybridized carbons (Fsp3) is 0.0370. The maximum Gasteiger partial charge on any atom is 0.405 e. The van der Waals surface area contributed by atoms with E-state index in [0.717, 1.165) is 11.1 Å². The number of pyridine rings is 1. The largest absolute Gasteiger partial charge is 0.479 e. The molecule has 2 aromatic carbocycles. The monoisotopic (exact) mass is 500 g/mol. The summed E-state index contributed by atoms with van der Waals surface area (Å²) < 4.78 is 1.70. The van der Waals surface area contributed by atoms with Gasteiger partial charge in [-0.3, -0.25) is 0 Å². The summed E-state index contributed by atoms with van der Waals surface area (Å²) in [7, 11) is 0. The zero-order valence-corrected chi connectivity index (χ0v) is 19.0. The van der Waals surface area contributed by atoms with Gasteiger partial charge in [-0.2, -0.15) is 0 Å². The standard InChI is InChI=1S/C18H11NO4.C9H9NO4/c20-17(21)14-13-8-4-7-11-9-12(10-5-2-1-3-6-10)16(19(11)13)15(14)18(22)23;11-8(12)7(10-9(13)14)6-4-2-1-3-5-6/h1-9H,(H,20,21)(H,22,23);1-5,7,10H,(H,11,12)(H,13,14). The van der Waals surface area contributed by atoms with Gasteiger partial charge in [0.1, 0.15) is 11.1 Å².